The van der Waals surface area contributed by atoms with Crippen LogP contribution in [0.25, 0.3) is 10.9 Å². The van der Waals surface area contributed by atoms with Gasteiger partial charge >= 0.3 is 5.97 Å². The first-order valence-corrected chi connectivity index (χ1v) is 7.04. The molecule has 0 spiro atoms. The molecule has 3 N–H and O–H groups in total. The predicted octanol–water partition coefficient (Wildman–Crippen LogP) is 2.04. The molecular formula is C15H17N3O3. The molecule has 0 bridgehead atoms. The number of benzene rings is 1. The van der Waals surface area contributed by atoms with Gasteiger partial charge in [0.1, 0.15) is 5.82 Å². The third kappa shape index (κ3) is 2.80. The topological polar surface area (TPSA) is 95.3 Å². The Balaban J connectivity index is 1.94. The van der Waals surface area contributed by atoms with E-state index in [4.69, 9.17) is 5.11 Å². The maximum atomic E-state index is 11.1. The average Bonchev–Trinajstić information content (AvgIpc) is 2.91. The van der Waals surface area contributed by atoms with Crippen LogP contribution in [0.4, 0.5) is 5.82 Å². The molecule has 21 heavy (non-hydrogen) atoms. The van der Waals surface area contributed by atoms with Crippen LogP contribution >= 0.6 is 0 Å². The standard InChI is InChI=1S/C15H17N3O3/c19-14(20)13-17-11-6-2-1-5-10(11)12(18-13)16-9-15(21)7-3-4-8-15/h1-2,5-6,21H,3-4,7-9H2,(H,19,20)(H,16,17,18). The third-order valence-corrected chi connectivity index (χ3v) is 3.91. The van der Waals surface area contributed by atoms with Crippen LogP contribution < -0.4 is 5.32 Å². The van der Waals surface area contributed by atoms with Gasteiger partial charge in [-0.2, -0.15) is 0 Å². The van der Waals surface area contributed by atoms with Gasteiger partial charge in [-0.15, -0.1) is 0 Å². The second kappa shape index (κ2) is 5.29. The highest BCUT2D eigenvalue weighted by Crippen LogP contribution is 2.30. The molecule has 1 saturated carbocycles. The van der Waals surface area contributed by atoms with Crippen molar-refractivity contribution in [2.75, 3.05) is 11.9 Å². The number of nitrogens with one attached hydrogen (secondary N) is 1. The monoisotopic (exact) mass is 287 g/mol. The fourth-order valence-corrected chi connectivity index (χ4v) is 2.77. The normalized spacial score (nSPS) is 17.0. The fraction of sp³-hybridized carbons (Fsp3) is 0.400. The summed E-state index contributed by atoms with van der Waals surface area (Å²) in [7, 11) is 0. The molecule has 1 aromatic carbocycles. The van der Waals surface area contributed by atoms with Crippen molar-refractivity contribution < 1.29 is 15.0 Å². The smallest absolute Gasteiger partial charge is 0.374 e. The number of anilines is 1. The van der Waals surface area contributed by atoms with Crippen molar-refractivity contribution in [2.24, 2.45) is 0 Å². The molecule has 0 radical (unpaired) electrons. The van der Waals surface area contributed by atoms with Gasteiger partial charge in [-0.3, -0.25) is 0 Å². The zero-order chi connectivity index (χ0) is 14.9. The van der Waals surface area contributed by atoms with Crippen LogP contribution in [-0.4, -0.2) is 38.3 Å². The zero-order valence-electron chi connectivity index (χ0n) is 11.5. The lowest BCUT2D eigenvalue weighted by atomic mass is 10.0. The second-order valence-corrected chi connectivity index (χ2v) is 5.50. The summed E-state index contributed by atoms with van der Waals surface area (Å²) in [5, 5.41) is 23.3. The van der Waals surface area contributed by atoms with Gasteiger partial charge in [0.2, 0.25) is 5.82 Å². The predicted molar refractivity (Wildman–Crippen MR) is 78.4 cm³/mol. The summed E-state index contributed by atoms with van der Waals surface area (Å²) < 4.78 is 0. The van der Waals surface area contributed by atoms with Crippen LogP contribution in [0, 0.1) is 0 Å². The van der Waals surface area contributed by atoms with Crippen molar-refractivity contribution in [2.45, 2.75) is 31.3 Å². The average molecular weight is 287 g/mol. The summed E-state index contributed by atoms with van der Waals surface area (Å²) in [5.74, 6) is -0.948. The molecule has 3 rings (SSSR count). The first-order chi connectivity index (χ1) is 10.1. The molecule has 1 aromatic heterocycles. The number of rotatable bonds is 4. The van der Waals surface area contributed by atoms with E-state index >= 15 is 0 Å². The van der Waals surface area contributed by atoms with Gasteiger partial charge in [0.25, 0.3) is 0 Å². The lowest BCUT2D eigenvalue weighted by Crippen LogP contribution is -2.33. The van der Waals surface area contributed by atoms with E-state index in [0.29, 0.717) is 17.9 Å². The van der Waals surface area contributed by atoms with Gasteiger partial charge in [0.15, 0.2) is 0 Å². The number of para-hydroxylation sites is 1. The number of fused-ring (bicyclic) bond motifs is 1. The first kappa shape index (κ1) is 13.8. The molecule has 1 aliphatic carbocycles. The van der Waals surface area contributed by atoms with Crippen LogP contribution in [0.5, 0.6) is 0 Å². The van der Waals surface area contributed by atoms with E-state index in [1.807, 2.05) is 12.1 Å². The number of hydrogen-bond acceptors (Lipinski definition) is 5. The Morgan fingerprint density at radius 3 is 2.67 bits per heavy atom. The van der Waals surface area contributed by atoms with Crippen molar-refractivity contribution in [3.8, 4) is 0 Å². The number of aromatic nitrogens is 2. The number of carboxylic acids is 1. The maximum absolute atomic E-state index is 11.1. The summed E-state index contributed by atoms with van der Waals surface area (Å²) in [6.07, 6.45) is 3.55. The third-order valence-electron chi connectivity index (χ3n) is 3.91. The first-order valence-electron chi connectivity index (χ1n) is 7.04. The number of aromatic carboxylic acids is 1. The van der Waals surface area contributed by atoms with E-state index in [0.717, 1.165) is 31.1 Å². The Kier molecular flexibility index (Phi) is 3.47. The van der Waals surface area contributed by atoms with Crippen LogP contribution in [-0.2, 0) is 0 Å². The van der Waals surface area contributed by atoms with Gasteiger partial charge in [-0.25, -0.2) is 14.8 Å². The minimum Gasteiger partial charge on any atom is -0.475 e. The quantitative estimate of drug-likeness (QED) is 0.796. The van der Waals surface area contributed by atoms with Gasteiger partial charge in [0.05, 0.1) is 11.1 Å². The lowest BCUT2D eigenvalue weighted by Gasteiger charge is -2.23. The second-order valence-electron chi connectivity index (χ2n) is 5.50. The van der Waals surface area contributed by atoms with Crippen LogP contribution in [0.15, 0.2) is 24.3 Å². The van der Waals surface area contributed by atoms with E-state index in [2.05, 4.69) is 15.3 Å². The highest BCUT2D eigenvalue weighted by molar-refractivity contribution is 5.93. The van der Waals surface area contributed by atoms with Gasteiger partial charge in [-0.05, 0) is 25.0 Å². The molecule has 1 fully saturated rings. The summed E-state index contributed by atoms with van der Waals surface area (Å²) in [5.41, 5.74) is -0.152. The van der Waals surface area contributed by atoms with E-state index in [1.165, 1.54) is 0 Å². The SMILES string of the molecule is O=C(O)c1nc(NCC2(O)CCCC2)c2ccccc2n1. The highest BCUT2D eigenvalue weighted by Gasteiger charge is 2.31. The fourth-order valence-electron chi connectivity index (χ4n) is 2.77. The number of aliphatic hydroxyl groups is 1. The van der Waals surface area contributed by atoms with Crippen LogP contribution in [0.3, 0.4) is 0 Å². The molecule has 6 heteroatoms. The Hall–Kier alpha value is -2.21. The summed E-state index contributed by atoms with van der Waals surface area (Å²) in [6, 6.07) is 7.23. The van der Waals surface area contributed by atoms with Crippen molar-refractivity contribution in [1.82, 2.24) is 9.97 Å². The minimum absolute atomic E-state index is 0.241. The number of carbonyl (C=O) groups is 1. The molecule has 0 atom stereocenters. The number of nitrogens with zero attached hydrogens (tertiary/aromatic N) is 2. The van der Waals surface area contributed by atoms with E-state index in [1.54, 1.807) is 12.1 Å². The van der Waals surface area contributed by atoms with E-state index in [9.17, 15) is 9.90 Å². The zero-order valence-corrected chi connectivity index (χ0v) is 11.5. The maximum Gasteiger partial charge on any atom is 0.374 e. The molecule has 0 amide bonds. The minimum atomic E-state index is -1.16. The molecule has 6 nitrogen and oxygen atoms in total. The van der Waals surface area contributed by atoms with E-state index in [-0.39, 0.29) is 5.82 Å². The van der Waals surface area contributed by atoms with Gasteiger partial charge in [0, 0.05) is 11.9 Å². The van der Waals surface area contributed by atoms with Crippen LogP contribution in [0.1, 0.15) is 36.3 Å². The number of carboxylic acid groups (broad SMARTS) is 1. The Morgan fingerprint density at radius 2 is 1.95 bits per heavy atom. The molecule has 2 aromatic rings. The number of hydrogen-bond donors (Lipinski definition) is 3. The van der Waals surface area contributed by atoms with Crippen molar-refractivity contribution in [3.05, 3.63) is 30.1 Å². The Morgan fingerprint density at radius 1 is 1.24 bits per heavy atom. The van der Waals surface area contributed by atoms with Crippen LogP contribution in [0.2, 0.25) is 0 Å². The summed E-state index contributed by atoms with van der Waals surface area (Å²) in [4.78, 5) is 19.2. The van der Waals surface area contributed by atoms with Crippen molar-refractivity contribution in [3.63, 3.8) is 0 Å². The molecule has 0 aliphatic heterocycles. The van der Waals surface area contributed by atoms with E-state index < -0.39 is 11.6 Å². The van der Waals surface area contributed by atoms with Crippen molar-refractivity contribution in [1.29, 1.82) is 0 Å². The largest absolute Gasteiger partial charge is 0.475 e. The lowest BCUT2D eigenvalue weighted by molar-refractivity contribution is 0.0614. The molecule has 0 unspecified atom stereocenters. The molecule has 0 saturated heterocycles. The molecule has 1 aliphatic rings. The highest BCUT2D eigenvalue weighted by atomic mass is 16.4. The Bertz CT molecular complexity index is 681. The molecule has 110 valence electrons. The Labute approximate surface area is 121 Å². The summed E-state index contributed by atoms with van der Waals surface area (Å²) in [6.45, 7) is 0.368. The summed E-state index contributed by atoms with van der Waals surface area (Å²) >= 11 is 0. The molecular weight excluding hydrogens is 270 g/mol. The van der Waals surface area contributed by atoms with Crippen molar-refractivity contribution >= 4 is 22.7 Å². The molecule has 1 heterocycles. The van der Waals surface area contributed by atoms with Gasteiger partial charge < -0.3 is 15.5 Å². The van der Waals surface area contributed by atoms with Gasteiger partial charge in [-0.1, -0.05) is 25.0 Å².